The first-order valence-corrected chi connectivity index (χ1v) is 14.2. The van der Waals surface area contributed by atoms with Crippen molar-refractivity contribution in [1.82, 2.24) is 0 Å². The molecule has 0 aliphatic carbocycles. The van der Waals surface area contributed by atoms with Gasteiger partial charge in [0, 0.05) is 0 Å². The zero-order chi connectivity index (χ0) is 28.6. The van der Waals surface area contributed by atoms with Gasteiger partial charge >= 0.3 is 7.25 Å². The Hall–Kier alpha value is -2.31. The van der Waals surface area contributed by atoms with Gasteiger partial charge in [0.05, 0.1) is 0 Å². The lowest BCUT2D eigenvalue weighted by Crippen LogP contribution is -2.39. The van der Waals surface area contributed by atoms with Gasteiger partial charge in [-0.1, -0.05) is 74.9 Å². The molecule has 7 heteroatoms. The molecule has 2 nitrogen and oxygen atoms in total. The minimum atomic E-state index is -6.00. The van der Waals surface area contributed by atoms with E-state index in [0.717, 1.165) is 0 Å². The molecule has 0 bridgehead atoms. The monoisotopic (exact) mass is 534 g/mol. The van der Waals surface area contributed by atoms with Crippen LogP contribution in [0.1, 0.15) is 98.6 Å². The number of benzene rings is 2. The molecule has 0 fully saturated rings. The maximum Gasteiger partial charge on any atom is 0.673 e. The molecular formula is C31H47BF4N2. The normalized spacial score (nSPS) is 17.4. The van der Waals surface area contributed by atoms with Crippen LogP contribution in [0.4, 0.5) is 28.6 Å². The van der Waals surface area contributed by atoms with E-state index in [4.69, 9.17) is 0 Å². The highest BCUT2D eigenvalue weighted by Gasteiger charge is 2.44. The van der Waals surface area contributed by atoms with Crippen LogP contribution in [-0.2, 0) is 0 Å². The summed E-state index contributed by atoms with van der Waals surface area (Å²) in [6.07, 6.45) is 12.8. The Morgan fingerprint density at radius 2 is 1.16 bits per heavy atom. The second-order valence-corrected chi connectivity index (χ2v) is 11.0. The highest BCUT2D eigenvalue weighted by molar-refractivity contribution is 6.50. The molecule has 3 rings (SSSR count). The van der Waals surface area contributed by atoms with Gasteiger partial charge in [-0.25, -0.2) is 9.48 Å². The van der Waals surface area contributed by atoms with E-state index in [1.165, 1.54) is 96.1 Å². The van der Waals surface area contributed by atoms with Crippen LogP contribution in [0.3, 0.4) is 0 Å². The van der Waals surface area contributed by atoms with Gasteiger partial charge in [-0.2, -0.15) is 0 Å². The van der Waals surface area contributed by atoms with E-state index in [-0.39, 0.29) is 0 Å². The summed E-state index contributed by atoms with van der Waals surface area (Å²) in [6.45, 7) is 18.2. The van der Waals surface area contributed by atoms with Crippen molar-refractivity contribution >= 4 is 25.0 Å². The van der Waals surface area contributed by atoms with Crippen molar-refractivity contribution in [1.29, 1.82) is 0 Å². The number of nitrogens with zero attached hydrogens (tertiary/aromatic N) is 2. The molecule has 0 N–H and O–H groups in total. The van der Waals surface area contributed by atoms with Crippen LogP contribution in [0.15, 0.2) is 24.3 Å². The summed E-state index contributed by atoms with van der Waals surface area (Å²) in [5, 5.41) is 0. The molecule has 2 aromatic rings. The van der Waals surface area contributed by atoms with Gasteiger partial charge in [0.25, 0.3) is 0 Å². The largest absolute Gasteiger partial charge is 0.673 e. The number of halogens is 4. The lowest BCUT2D eigenvalue weighted by molar-refractivity contribution is -0.476. The highest BCUT2D eigenvalue weighted by Crippen LogP contribution is 2.38. The van der Waals surface area contributed by atoms with Crippen LogP contribution in [0.5, 0.6) is 0 Å². The topological polar surface area (TPSA) is 6.25 Å². The van der Waals surface area contributed by atoms with E-state index in [2.05, 4.69) is 95.5 Å². The van der Waals surface area contributed by atoms with Crippen molar-refractivity contribution in [3.8, 4) is 0 Å². The Bertz CT molecular complexity index is 1040. The fourth-order valence-corrected chi connectivity index (χ4v) is 6.14. The predicted molar refractivity (Wildman–Crippen MR) is 156 cm³/mol. The molecule has 0 amide bonds. The predicted octanol–water partition coefficient (Wildman–Crippen LogP) is 9.93. The lowest BCUT2D eigenvalue weighted by Gasteiger charge is -2.26. The second kappa shape index (κ2) is 14.2. The number of aryl methyl sites for hydroxylation is 6. The van der Waals surface area contributed by atoms with Gasteiger partial charge in [-0.3, -0.25) is 0 Å². The van der Waals surface area contributed by atoms with E-state index in [1.54, 1.807) is 0 Å². The van der Waals surface area contributed by atoms with Gasteiger partial charge in [0.1, 0.15) is 23.5 Å². The van der Waals surface area contributed by atoms with Crippen molar-refractivity contribution in [2.75, 3.05) is 4.90 Å². The molecule has 1 aliphatic heterocycles. The van der Waals surface area contributed by atoms with Gasteiger partial charge in [-0.15, -0.1) is 0 Å². The first kappa shape index (κ1) is 31.9. The first-order valence-electron chi connectivity index (χ1n) is 14.2. The second-order valence-electron chi connectivity index (χ2n) is 11.0. The third-order valence-corrected chi connectivity index (χ3v) is 7.40. The summed E-state index contributed by atoms with van der Waals surface area (Å²) >= 11 is 0. The highest BCUT2D eigenvalue weighted by atomic mass is 19.5. The summed E-state index contributed by atoms with van der Waals surface area (Å²) in [7, 11) is -6.00. The summed E-state index contributed by atoms with van der Waals surface area (Å²) in [4.78, 5) is 2.66. The minimum absolute atomic E-state index is 0.520. The molecule has 0 saturated heterocycles. The van der Waals surface area contributed by atoms with Gasteiger partial charge < -0.3 is 17.3 Å². The molecule has 2 atom stereocenters. The van der Waals surface area contributed by atoms with Crippen molar-refractivity contribution in [2.24, 2.45) is 0 Å². The van der Waals surface area contributed by atoms with Gasteiger partial charge in [0.15, 0.2) is 0 Å². The molecule has 0 radical (unpaired) electrons. The summed E-state index contributed by atoms with van der Waals surface area (Å²) in [5.74, 6) is 0. The third-order valence-electron chi connectivity index (χ3n) is 7.40. The smallest absolute Gasteiger partial charge is 0.418 e. The average molecular weight is 535 g/mol. The maximum atomic E-state index is 9.75. The molecule has 0 saturated carbocycles. The average Bonchev–Trinajstić information content (AvgIpc) is 3.10. The van der Waals surface area contributed by atoms with E-state index in [9.17, 15) is 17.3 Å². The van der Waals surface area contributed by atoms with Crippen molar-refractivity contribution in [3.05, 3.63) is 57.6 Å². The van der Waals surface area contributed by atoms with Crippen molar-refractivity contribution in [3.63, 3.8) is 0 Å². The van der Waals surface area contributed by atoms with E-state index in [0.29, 0.717) is 12.1 Å². The molecule has 38 heavy (non-hydrogen) atoms. The van der Waals surface area contributed by atoms with Crippen LogP contribution in [-0.4, -0.2) is 30.3 Å². The maximum absolute atomic E-state index is 9.75. The van der Waals surface area contributed by atoms with Crippen molar-refractivity contribution < 1.29 is 21.8 Å². The van der Waals surface area contributed by atoms with Crippen LogP contribution < -0.4 is 4.90 Å². The Morgan fingerprint density at radius 1 is 0.684 bits per heavy atom. The zero-order valence-corrected chi connectivity index (χ0v) is 24.7. The molecular weight excluding hydrogens is 487 g/mol. The number of rotatable bonds is 10. The molecule has 1 aliphatic rings. The fourth-order valence-electron chi connectivity index (χ4n) is 6.14. The van der Waals surface area contributed by atoms with E-state index < -0.39 is 7.25 Å². The summed E-state index contributed by atoms with van der Waals surface area (Å²) in [5.41, 5.74) is 11.2. The van der Waals surface area contributed by atoms with Crippen LogP contribution in [0.2, 0.25) is 0 Å². The molecule has 1 heterocycles. The molecule has 212 valence electrons. The number of hydrogen-bond donors (Lipinski definition) is 0. The van der Waals surface area contributed by atoms with Crippen LogP contribution in [0.25, 0.3) is 0 Å². The molecule has 0 aromatic heterocycles. The summed E-state index contributed by atoms with van der Waals surface area (Å²) < 4.78 is 41.7. The Kier molecular flexibility index (Phi) is 11.9. The third kappa shape index (κ3) is 8.88. The standard InChI is InChI=1S/C31H47N2.BF4/c1-9-11-13-14-16-29-28(15-12-10-2)32(30-24(5)17-22(3)18-25(30)6)21-33(29)31-26(7)19-23(4)20-27(31)8;2-1(3,4)5/h17-21,28-29H,9-16H2,1-8H3;/q+1;-1. The Morgan fingerprint density at radius 3 is 1.63 bits per heavy atom. The molecule has 0 spiro atoms. The Labute approximate surface area is 228 Å². The minimum Gasteiger partial charge on any atom is -0.418 e. The lowest BCUT2D eigenvalue weighted by atomic mass is 9.93. The molecule has 2 unspecified atom stereocenters. The van der Waals surface area contributed by atoms with Crippen LogP contribution >= 0.6 is 0 Å². The zero-order valence-electron chi connectivity index (χ0n) is 24.7. The Balaban J connectivity index is 0.000000926. The summed E-state index contributed by atoms with van der Waals surface area (Å²) in [6, 6.07) is 10.5. The van der Waals surface area contributed by atoms with E-state index >= 15 is 0 Å². The number of hydrogen-bond acceptors (Lipinski definition) is 1. The van der Waals surface area contributed by atoms with Gasteiger partial charge in [-0.05, 0) is 89.5 Å². The first-order chi connectivity index (χ1) is 17.8. The quantitative estimate of drug-likeness (QED) is 0.127. The molecule has 2 aromatic carbocycles. The fraction of sp³-hybridized carbons (Fsp3) is 0.581. The number of anilines is 1. The van der Waals surface area contributed by atoms with Crippen LogP contribution in [0, 0.1) is 41.5 Å². The number of unbranched alkanes of at least 4 members (excludes halogenated alkanes) is 4. The SMILES string of the molecule is CCCCCCC1C(CCCC)[N+](c2c(C)cc(C)cc2C)=CN1c1c(C)cc(C)cc1C.F[B-](F)(F)F. The van der Waals surface area contributed by atoms with Gasteiger partial charge in [0.2, 0.25) is 6.34 Å². The van der Waals surface area contributed by atoms with Crippen molar-refractivity contribution in [2.45, 2.75) is 119 Å². The van der Waals surface area contributed by atoms with E-state index in [1.807, 2.05) is 0 Å².